The Morgan fingerprint density at radius 3 is 1.31 bits per heavy atom. The van der Waals surface area contributed by atoms with Crippen LogP contribution in [0.15, 0.2) is 46.2 Å². The standard InChI is InChI=1S/C28H45N5S.BrH/c1-7-30(8-2)17-19-32(11-5)23-13-15-25-27(21-23)34-28-22-24(14-16-26(28)29-25)33(12-6)20-18-31(9-3)10-4;/h13-16,21-22,29H,7-12,17-20H2,1-6H3;1H. The van der Waals surface area contributed by atoms with E-state index >= 15 is 0 Å². The summed E-state index contributed by atoms with van der Waals surface area (Å²) in [4.78, 5) is 12.8. The highest BCUT2D eigenvalue weighted by atomic mass is 79.9. The molecule has 0 spiro atoms. The van der Waals surface area contributed by atoms with E-state index in [1.807, 2.05) is 11.8 Å². The van der Waals surface area contributed by atoms with Crippen molar-refractivity contribution in [2.45, 2.75) is 51.3 Å². The number of hydrogen-bond acceptors (Lipinski definition) is 5. The van der Waals surface area contributed by atoms with Gasteiger partial charge in [0.25, 0.3) is 0 Å². The first-order valence-corrected chi connectivity index (χ1v) is 14.1. The van der Waals surface area contributed by atoms with E-state index in [1.54, 1.807) is 0 Å². The molecule has 35 heavy (non-hydrogen) atoms. The van der Waals surface area contributed by atoms with E-state index in [-0.39, 0.29) is 17.0 Å². The van der Waals surface area contributed by atoms with Crippen LogP contribution in [0.5, 0.6) is 0 Å². The minimum absolute atomic E-state index is 0. The number of nitrogens with zero attached hydrogens (tertiary/aromatic N) is 4. The van der Waals surface area contributed by atoms with Crippen LogP contribution in [0, 0.1) is 0 Å². The van der Waals surface area contributed by atoms with Gasteiger partial charge in [0.1, 0.15) is 11.4 Å². The Kier molecular flexibility index (Phi) is 12.9. The number of quaternary nitrogens is 1. The third kappa shape index (κ3) is 7.86. The number of fused-ring (bicyclic) bond motifs is 2. The maximum Gasteiger partial charge on any atom is 0.148 e. The number of benzene rings is 2. The molecule has 0 aliphatic carbocycles. The molecular formula is C28H46BrN5S. The highest BCUT2D eigenvalue weighted by Crippen LogP contribution is 2.42. The SMILES string of the molecule is CCN(CC)CCN(CC)c1ccc2c(c1)Sc1cc(N(CC)CCN(CC)CC)ccc1[NH2+]2.[Br-]. The monoisotopic (exact) mass is 563 g/mol. The number of hydrogen-bond donors (Lipinski definition) is 1. The molecule has 3 rings (SSSR count). The molecule has 7 heteroatoms. The summed E-state index contributed by atoms with van der Waals surface area (Å²) in [6.45, 7) is 24.4. The Morgan fingerprint density at radius 2 is 0.971 bits per heavy atom. The van der Waals surface area contributed by atoms with Crippen LogP contribution < -0.4 is 32.1 Å². The predicted octanol–water partition coefficient (Wildman–Crippen LogP) is 2.02. The number of anilines is 2. The summed E-state index contributed by atoms with van der Waals surface area (Å²) < 4.78 is 0. The second-order valence-electron chi connectivity index (χ2n) is 8.90. The first-order valence-electron chi connectivity index (χ1n) is 13.3. The summed E-state index contributed by atoms with van der Waals surface area (Å²) in [5.41, 5.74) is 5.34. The number of rotatable bonds is 14. The van der Waals surface area contributed by atoms with Crippen LogP contribution >= 0.6 is 11.8 Å². The van der Waals surface area contributed by atoms with Crippen molar-refractivity contribution in [3.8, 4) is 0 Å². The van der Waals surface area contributed by atoms with Gasteiger partial charge >= 0.3 is 0 Å². The summed E-state index contributed by atoms with van der Waals surface area (Å²) in [6, 6.07) is 14.0. The van der Waals surface area contributed by atoms with Gasteiger partial charge in [0.05, 0.1) is 9.79 Å². The van der Waals surface area contributed by atoms with E-state index in [1.165, 1.54) is 32.5 Å². The third-order valence-corrected chi connectivity index (χ3v) is 8.33. The molecule has 0 fully saturated rings. The predicted molar refractivity (Wildman–Crippen MR) is 150 cm³/mol. The second kappa shape index (κ2) is 15.1. The molecule has 0 unspecified atom stereocenters. The molecule has 0 bridgehead atoms. The summed E-state index contributed by atoms with van der Waals surface area (Å²) >= 11 is 1.93. The van der Waals surface area contributed by atoms with Crippen molar-refractivity contribution in [2.75, 3.05) is 75.2 Å². The van der Waals surface area contributed by atoms with Gasteiger partial charge in [-0.15, -0.1) is 0 Å². The van der Waals surface area contributed by atoms with Crippen LogP contribution in [0.1, 0.15) is 41.5 Å². The van der Waals surface area contributed by atoms with Gasteiger partial charge in [-0.2, -0.15) is 0 Å². The Morgan fingerprint density at radius 1 is 0.571 bits per heavy atom. The quantitative estimate of drug-likeness (QED) is 0.303. The van der Waals surface area contributed by atoms with Crippen LogP contribution in [0.3, 0.4) is 0 Å². The Hall–Kier alpha value is -1.25. The van der Waals surface area contributed by atoms with Gasteiger partial charge in [0.2, 0.25) is 0 Å². The third-order valence-electron chi connectivity index (χ3n) is 7.18. The highest BCUT2D eigenvalue weighted by molar-refractivity contribution is 7.99. The maximum atomic E-state index is 2.51. The number of likely N-dealkylation sites (N-methyl/N-ethyl adjacent to an activating group) is 4. The largest absolute Gasteiger partial charge is 1.00 e. The van der Waals surface area contributed by atoms with Gasteiger partial charge in [-0.05, 0) is 64.3 Å². The molecule has 0 aromatic heterocycles. The van der Waals surface area contributed by atoms with Crippen molar-refractivity contribution < 1.29 is 22.3 Å². The van der Waals surface area contributed by atoms with Crippen molar-refractivity contribution >= 4 is 34.5 Å². The molecule has 0 atom stereocenters. The van der Waals surface area contributed by atoms with E-state index in [2.05, 4.69) is 103 Å². The topological polar surface area (TPSA) is 29.6 Å². The molecule has 0 saturated heterocycles. The van der Waals surface area contributed by atoms with Crippen molar-refractivity contribution in [1.29, 1.82) is 0 Å². The van der Waals surface area contributed by atoms with E-state index < -0.39 is 0 Å². The molecule has 5 nitrogen and oxygen atoms in total. The summed E-state index contributed by atoms with van der Waals surface area (Å²) in [6.07, 6.45) is 0. The lowest BCUT2D eigenvalue weighted by Crippen LogP contribution is -3.00. The maximum absolute atomic E-state index is 2.51. The molecule has 0 radical (unpaired) electrons. The zero-order chi connectivity index (χ0) is 24.5. The van der Waals surface area contributed by atoms with Crippen molar-refractivity contribution in [2.24, 2.45) is 0 Å². The first kappa shape index (κ1) is 30.0. The molecule has 0 saturated carbocycles. The molecule has 2 N–H and O–H groups in total. The summed E-state index contributed by atoms with van der Waals surface area (Å²) in [5.74, 6) is 0. The lowest BCUT2D eigenvalue weighted by atomic mass is 10.2. The highest BCUT2D eigenvalue weighted by Gasteiger charge is 2.23. The van der Waals surface area contributed by atoms with Gasteiger partial charge < -0.3 is 36.6 Å². The van der Waals surface area contributed by atoms with Crippen LogP contribution in [0.4, 0.5) is 22.7 Å². The zero-order valence-electron chi connectivity index (χ0n) is 22.7. The lowest BCUT2D eigenvalue weighted by molar-refractivity contribution is -0.485. The Labute approximate surface area is 229 Å². The van der Waals surface area contributed by atoms with Crippen molar-refractivity contribution in [3.63, 3.8) is 0 Å². The fourth-order valence-corrected chi connectivity index (χ4v) is 5.77. The normalized spacial score (nSPS) is 12.3. The van der Waals surface area contributed by atoms with Gasteiger partial charge in [0.15, 0.2) is 0 Å². The fourth-order valence-electron chi connectivity index (χ4n) is 4.68. The number of nitrogens with two attached hydrogens (primary N) is 1. The van der Waals surface area contributed by atoms with Gasteiger partial charge in [-0.1, -0.05) is 39.5 Å². The molecule has 0 amide bonds. The summed E-state index contributed by atoms with van der Waals surface area (Å²) in [7, 11) is 0. The minimum Gasteiger partial charge on any atom is -1.00 e. The van der Waals surface area contributed by atoms with E-state index in [4.69, 9.17) is 0 Å². The van der Waals surface area contributed by atoms with E-state index in [0.717, 1.165) is 65.4 Å². The minimum atomic E-state index is 0. The summed E-state index contributed by atoms with van der Waals surface area (Å²) in [5, 5.41) is 2.35. The average Bonchev–Trinajstić information content (AvgIpc) is 2.87. The molecule has 2 aromatic carbocycles. The van der Waals surface area contributed by atoms with Crippen LogP contribution in [0.25, 0.3) is 0 Å². The van der Waals surface area contributed by atoms with E-state index in [0.29, 0.717) is 0 Å². The van der Waals surface area contributed by atoms with Gasteiger partial charge in [0, 0.05) is 62.8 Å². The van der Waals surface area contributed by atoms with Crippen LogP contribution in [-0.2, 0) is 0 Å². The number of halogens is 1. The smallest absolute Gasteiger partial charge is 0.148 e. The fraction of sp³-hybridized carbons (Fsp3) is 0.571. The first-order chi connectivity index (χ1) is 16.6. The lowest BCUT2D eigenvalue weighted by Gasteiger charge is -2.29. The zero-order valence-corrected chi connectivity index (χ0v) is 25.1. The molecule has 196 valence electrons. The van der Waals surface area contributed by atoms with E-state index in [9.17, 15) is 0 Å². The second-order valence-corrected chi connectivity index (χ2v) is 9.99. The molecule has 2 aromatic rings. The molecule has 1 heterocycles. The van der Waals surface area contributed by atoms with Gasteiger partial charge in [-0.25, -0.2) is 0 Å². The van der Waals surface area contributed by atoms with Crippen LogP contribution in [-0.4, -0.2) is 75.2 Å². The van der Waals surface area contributed by atoms with Crippen molar-refractivity contribution in [1.82, 2.24) is 9.80 Å². The molecular weight excluding hydrogens is 518 g/mol. The molecule has 1 aliphatic rings. The Bertz CT molecular complexity index is 829. The van der Waals surface area contributed by atoms with Crippen molar-refractivity contribution in [3.05, 3.63) is 36.4 Å². The van der Waals surface area contributed by atoms with Crippen LogP contribution in [0.2, 0.25) is 0 Å². The van der Waals surface area contributed by atoms with Gasteiger partial charge in [-0.3, -0.25) is 5.32 Å². The molecule has 1 aliphatic heterocycles. The Balaban J connectivity index is 0.00000432. The average molecular weight is 565 g/mol.